The maximum absolute atomic E-state index is 6.00. The molecular formula is C9H10N8O. The van der Waals surface area contributed by atoms with Gasteiger partial charge in [0, 0.05) is 18.8 Å². The summed E-state index contributed by atoms with van der Waals surface area (Å²) in [5.74, 6) is 0.652. The lowest BCUT2D eigenvalue weighted by Crippen LogP contribution is -2.11. The number of nitrogens with two attached hydrogens (primary N) is 1. The molecule has 0 saturated heterocycles. The van der Waals surface area contributed by atoms with Crippen LogP contribution in [0.25, 0.3) is 11.5 Å². The van der Waals surface area contributed by atoms with E-state index in [9.17, 15) is 0 Å². The largest absolute Gasteiger partial charge is 0.337 e. The van der Waals surface area contributed by atoms with Gasteiger partial charge in [0.05, 0.1) is 12.4 Å². The van der Waals surface area contributed by atoms with Gasteiger partial charge in [0.15, 0.2) is 5.69 Å². The molecule has 0 amide bonds. The Balaban J connectivity index is 1.89. The molecule has 3 aromatic heterocycles. The van der Waals surface area contributed by atoms with Crippen LogP contribution in [-0.2, 0) is 7.05 Å². The van der Waals surface area contributed by atoms with Gasteiger partial charge in [-0.25, -0.2) is 0 Å². The van der Waals surface area contributed by atoms with Crippen molar-refractivity contribution in [3.63, 3.8) is 0 Å². The molecule has 0 spiro atoms. The summed E-state index contributed by atoms with van der Waals surface area (Å²) < 4.78 is 6.77. The maximum atomic E-state index is 6.00. The van der Waals surface area contributed by atoms with Crippen LogP contribution in [-0.4, -0.2) is 35.3 Å². The second kappa shape index (κ2) is 4.04. The second-order valence-electron chi connectivity index (χ2n) is 3.74. The normalized spacial score (nSPS) is 12.8. The van der Waals surface area contributed by atoms with Gasteiger partial charge in [-0.1, -0.05) is 5.16 Å². The molecule has 0 aliphatic heterocycles. The van der Waals surface area contributed by atoms with Crippen LogP contribution in [0.2, 0.25) is 0 Å². The van der Waals surface area contributed by atoms with Gasteiger partial charge in [0.25, 0.3) is 0 Å². The topological polar surface area (TPSA) is 124 Å². The van der Waals surface area contributed by atoms with Gasteiger partial charge < -0.3 is 10.3 Å². The minimum atomic E-state index is -0.508. The van der Waals surface area contributed by atoms with Crippen molar-refractivity contribution in [3.05, 3.63) is 30.0 Å². The van der Waals surface area contributed by atoms with Crippen molar-refractivity contribution in [3.8, 4) is 11.5 Å². The molecule has 1 atom stereocenters. The van der Waals surface area contributed by atoms with Gasteiger partial charge in [-0.2, -0.15) is 25.5 Å². The minimum Gasteiger partial charge on any atom is -0.337 e. The first-order chi connectivity index (χ1) is 8.74. The van der Waals surface area contributed by atoms with Gasteiger partial charge in [-0.15, -0.1) is 0 Å². The van der Waals surface area contributed by atoms with Crippen molar-refractivity contribution in [1.29, 1.82) is 0 Å². The fourth-order valence-electron chi connectivity index (χ4n) is 1.52. The molecule has 9 heteroatoms. The summed E-state index contributed by atoms with van der Waals surface area (Å²) in [6.07, 6.45) is 4.96. The molecule has 18 heavy (non-hydrogen) atoms. The van der Waals surface area contributed by atoms with E-state index in [2.05, 4.69) is 30.7 Å². The molecule has 92 valence electrons. The number of aromatic nitrogens is 7. The molecule has 0 aliphatic carbocycles. The fraction of sp³-hybridized carbons (Fsp3) is 0.222. The number of rotatable bonds is 3. The van der Waals surface area contributed by atoms with E-state index in [0.29, 0.717) is 17.4 Å². The van der Waals surface area contributed by atoms with Crippen LogP contribution in [0.3, 0.4) is 0 Å². The van der Waals surface area contributed by atoms with E-state index in [1.165, 1.54) is 6.20 Å². The predicted octanol–water partition coefficient (Wildman–Crippen LogP) is -0.364. The summed E-state index contributed by atoms with van der Waals surface area (Å²) in [5, 5.41) is 17.8. The highest BCUT2D eigenvalue weighted by molar-refractivity contribution is 5.45. The summed E-state index contributed by atoms with van der Waals surface area (Å²) in [7, 11) is 1.81. The van der Waals surface area contributed by atoms with E-state index in [1.54, 1.807) is 17.1 Å². The van der Waals surface area contributed by atoms with Gasteiger partial charge in [0.2, 0.25) is 11.7 Å². The van der Waals surface area contributed by atoms with Gasteiger partial charge in [-0.3, -0.25) is 4.68 Å². The van der Waals surface area contributed by atoms with E-state index in [0.717, 1.165) is 5.56 Å². The third-order valence-corrected chi connectivity index (χ3v) is 2.44. The molecule has 0 fully saturated rings. The van der Waals surface area contributed by atoms with Crippen molar-refractivity contribution < 1.29 is 4.52 Å². The zero-order valence-corrected chi connectivity index (χ0v) is 9.48. The van der Waals surface area contributed by atoms with Gasteiger partial charge in [-0.05, 0) is 0 Å². The molecule has 0 radical (unpaired) electrons. The van der Waals surface area contributed by atoms with Crippen molar-refractivity contribution in [2.45, 2.75) is 6.04 Å². The van der Waals surface area contributed by atoms with Crippen LogP contribution in [0.1, 0.15) is 17.5 Å². The second-order valence-corrected chi connectivity index (χ2v) is 3.74. The van der Waals surface area contributed by atoms with Gasteiger partial charge >= 0.3 is 0 Å². The number of nitrogens with one attached hydrogen (secondary N) is 1. The van der Waals surface area contributed by atoms with E-state index in [4.69, 9.17) is 10.3 Å². The molecule has 3 N–H and O–H groups in total. The highest BCUT2D eigenvalue weighted by atomic mass is 16.5. The molecule has 3 aromatic rings. The van der Waals surface area contributed by atoms with Crippen LogP contribution >= 0.6 is 0 Å². The van der Waals surface area contributed by atoms with Crippen LogP contribution in [0.4, 0.5) is 0 Å². The Labute approximate surface area is 101 Å². The number of hydrogen-bond donors (Lipinski definition) is 2. The number of H-pyrrole nitrogens is 1. The predicted molar refractivity (Wildman–Crippen MR) is 58.9 cm³/mol. The molecule has 0 bridgehead atoms. The van der Waals surface area contributed by atoms with Crippen molar-refractivity contribution in [2.24, 2.45) is 12.8 Å². The minimum absolute atomic E-state index is 0.306. The Hall–Kier alpha value is -2.55. The Morgan fingerprint density at radius 2 is 2.33 bits per heavy atom. The lowest BCUT2D eigenvalue weighted by molar-refractivity contribution is 0.367. The maximum Gasteiger partial charge on any atom is 0.248 e. The SMILES string of the molecule is Cn1cc(C(N)c2nc(-c3cn[nH]n3)no2)cn1. The van der Waals surface area contributed by atoms with Crippen LogP contribution < -0.4 is 5.73 Å². The number of aromatic amines is 1. The number of hydrogen-bond acceptors (Lipinski definition) is 7. The average molecular weight is 246 g/mol. The first-order valence-electron chi connectivity index (χ1n) is 5.18. The highest BCUT2D eigenvalue weighted by Crippen LogP contribution is 2.19. The summed E-state index contributed by atoms with van der Waals surface area (Å²) in [6, 6.07) is -0.508. The van der Waals surface area contributed by atoms with Crippen molar-refractivity contribution >= 4 is 0 Å². The molecule has 0 saturated carbocycles. The molecule has 3 heterocycles. The Kier molecular flexibility index (Phi) is 2.38. The number of nitrogens with zero attached hydrogens (tertiary/aromatic N) is 6. The molecule has 9 nitrogen and oxygen atoms in total. The molecule has 0 aromatic carbocycles. The third kappa shape index (κ3) is 1.76. The average Bonchev–Trinajstić information content (AvgIpc) is 3.09. The summed E-state index contributed by atoms with van der Waals surface area (Å²) in [4.78, 5) is 4.18. The molecular weight excluding hydrogens is 236 g/mol. The molecule has 3 rings (SSSR count). The van der Waals surface area contributed by atoms with Crippen LogP contribution in [0.15, 0.2) is 23.1 Å². The Morgan fingerprint density at radius 3 is 3.00 bits per heavy atom. The summed E-state index contributed by atoms with van der Waals surface area (Å²) >= 11 is 0. The molecule has 1 unspecified atom stereocenters. The number of aryl methyl sites for hydroxylation is 1. The third-order valence-electron chi connectivity index (χ3n) is 2.44. The lowest BCUT2D eigenvalue weighted by atomic mass is 10.2. The van der Waals surface area contributed by atoms with Crippen LogP contribution in [0, 0.1) is 0 Å². The quantitative estimate of drug-likeness (QED) is 0.646. The van der Waals surface area contributed by atoms with Crippen molar-refractivity contribution in [1.82, 2.24) is 35.3 Å². The van der Waals surface area contributed by atoms with Crippen LogP contribution in [0.5, 0.6) is 0 Å². The summed E-state index contributed by atoms with van der Waals surface area (Å²) in [6.45, 7) is 0. The van der Waals surface area contributed by atoms with E-state index in [-0.39, 0.29) is 0 Å². The Bertz CT molecular complexity index is 639. The van der Waals surface area contributed by atoms with E-state index >= 15 is 0 Å². The van der Waals surface area contributed by atoms with Crippen molar-refractivity contribution in [2.75, 3.05) is 0 Å². The lowest BCUT2D eigenvalue weighted by Gasteiger charge is -2.01. The zero-order valence-electron chi connectivity index (χ0n) is 9.48. The first kappa shape index (κ1) is 10.6. The first-order valence-corrected chi connectivity index (χ1v) is 5.18. The molecule has 0 aliphatic rings. The fourth-order valence-corrected chi connectivity index (χ4v) is 1.52. The summed E-state index contributed by atoms with van der Waals surface area (Å²) in [5.41, 5.74) is 7.30. The van der Waals surface area contributed by atoms with Gasteiger partial charge in [0.1, 0.15) is 6.04 Å². The zero-order chi connectivity index (χ0) is 12.5. The smallest absolute Gasteiger partial charge is 0.248 e. The Morgan fingerprint density at radius 1 is 1.44 bits per heavy atom. The van der Waals surface area contributed by atoms with E-state index < -0.39 is 6.04 Å². The monoisotopic (exact) mass is 246 g/mol. The standard InChI is InChI=1S/C9H10N8O/c1-17-4-5(2-12-17)7(10)9-13-8(15-18-9)6-3-11-16-14-6/h2-4,7H,10H2,1H3,(H,11,14,16). The highest BCUT2D eigenvalue weighted by Gasteiger charge is 2.19. The van der Waals surface area contributed by atoms with E-state index in [1.807, 2.05) is 7.05 Å².